The molecule has 5 nitrogen and oxygen atoms in total. The molecule has 3 aromatic rings. The van der Waals surface area contributed by atoms with E-state index in [9.17, 15) is 9.18 Å². The maximum absolute atomic E-state index is 13.5. The van der Waals surface area contributed by atoms with Crippen molar-refractivity contribution in [2.24, 2.45) is 5.73 Å². The molecule has 1 aromatic carbocycles. The standard InChI is InChI=1S/C23H26FN3O2S2/c1-14-12-27(18-13-30-20-11-16(24)2-3-17(18)20)8-7-26(14)6-4-19-22-15(5-9-29-19)10-21(31-22)23(25)28/h2-3,10-11,13-14,19H,4-9,12H2,1H3,(H2,25,28)/t14-,19?/m1/s1. The van der Waals surface area contributed by atoms with Crippen LogP contribution >= 0.6 is 22.7 Å². The maximum atomic E-state index is 13.5. The molecule has 1 unspecified atom stereocenters. The minimum atomic E-state index is -0.355. The first-order valence-corrected chi connectivity index (χ1v) is 12.4. The molecule has 1 fully saturated rings. The van der Waals surface area contributed by atoms with Crippen molar-refractivity contribution in [2.75, 3.05) is 37.7 Å². The van der Waals surface area contributed by atoms with Gasteiger partial charge in [-0.05, 0) is 49.6 Å². The first-order chi connectivity index (χ1) is 15.0. The second-order valence-corrected chi connectivity index (χ2v) is 10.3. The van der Waals surface area contributed by atoms with E-state index in [-0.39, 0.29) is 17.8 Å². The first-order valence-electron chi connectivity index (χ1n) is 10.7. The Morgan fingerprint density at radius 1 is 1.32 bits per heavy atom. The van der Waals surface area contributed by atoms with E-state index in [1.165, 1.54) is 27.5 Å². The third-order valence-electron chi connectivity index (χ3n) is 6.37. The van der Waals surface area contributed by atoms with Crippen LogP contribution in [0.15, 0.2) is 29.6 Å². The van der Waals surface area contributed by atoms with E-state index in [2.05, 4.69) is 22.1 Å². The van der Waals surface area contributed by atoms with Gasteiger partial charge in [-0.2, -0.15) is 0 Å². The fraction of sp³-hybridized carbons (Fsp3) is 0.435. The molecule has 0 saturated carbocycles. The average Bonchev–Trinajstić information content (AvgIpc) is 3.37. The first kappa shape index (κ1) is 20.9. The molecule has 2 atom stereocenters. The maximum Gasteiger partial charge on any atom is 0.258 e. The minimum Gasteiger partial charge on any atom is -0.372 e. The molecule has 2 aromatic heterocycles. The molecule has 1 saturated heterocycles. The van der Waals surface area contributed by atoms with Crippen LogP contribution in [-0.2, 0) is 11.2 Å². The summed E-state index contributed by atoms with van der Waals surface area (Å²) < 4.78 is 20.6. The minimum absolute atomic E-state index is 0.0443. The number of amides is 1. The molecule has 31 heavy (non-hydrogen) atoms. The lowest BCUT2D eigenvalue weighted by Crippen LogP contribution is -2.52. The predicted octanol–water partition coefficient (Wildman–Crippen LogP) is 4.42. The summed E-state index contributed by atoms with van der Waals surface area (Å²) in [6.07, 6.45) is 1.81. The monoisotopic (exact) mass is 459 g/mol. The highest BCUT2D eigenvalue weighted by Crippen LogP contribution is 2.37. The summed E-state index contributed by atoms with van der Waals surface area (Å²) in [7, 11) is 0. The van der Waals surface area contributed by atoms with Crippen LogP contribution in [0.1, 0.15) is 39.6 Å². The van der Waals surface area contributed by atoms with Crippen molar-refractivity contribution in [3.8, 4) is 0 Å². The zero-order valence-electron chi connectivity index (χ0n) is 17.5. The van der Waals surface area contributed by atoms with Crippen molar-refractivity contribution in [3.63, 3.8) is 0 Å². The molecule has 1 amide bonds. The van der Waals surface area contributed by atoms with Crippen LogP contribution in [0.3, 0.4) is 0 Å². The van der Waals surface area contributed by atoms with Crippen LogP contribution in [0, 0.1) is 5.82 Å². The average molecular weight is 460 g/mol. The van der Waals surface area contributed by atoms with E-state index in [0.29, 0.717) is 17.5 Å². The summed E-state index contributed by atoms with van der Waals surface area (Å²) in [6, 6.07) is 7.42. The van der Waals surface area contributed by atoms with Crippen LogP contribution in [0.2, 0.25) is 0 Å². The van der Waals surface area contributed by atoms with Crippen LogP contribution in [-0.4, -0.2) is 49.6 Å². The van der Waals surface area contributed by atoms with Crippen LogP contribution in [0.25, 0.3) is 10.1 Å². The zero-order chi connectivity index (χ0) is 21.5. The van der Waals surface area contributed by atoms with Gasteiger partial charge in [0, 0.05) is 52.6 Å². The zero-order valence-corrected chi connectivity index (χ0v) is 19.1. The molecule has 5 rings (SSSR count). The molecule has 4 heterocycles. The smallest absolute Gasteiger partial charge is 0.258 e. The number of fused-ring (bicyclic) bond motifs is 2. The number of hydrogen-bond donors (Lipinski definition) is 1. The summed E-state index contributed by atoms with van der Waals surface area (Å²) in [5, 5.41) is 3.29. The number of carbonyl (C=O) groups excluding carboxylic acids is 1. The van der Waals surface area contributed by atoms with Gasteiger partial charge in [-0.1, -0.05) is 0 Å². The van der Waals surface area contributed by atoms with Gasteiger partial charge < -0.3 is 15.4 Å². The number of halogens is 1. The van der Waals surface area contributed by atoms with Crippen molar-refractivity contribution < 1.29 is 13.9 Å². The lowest BCUT2D eigenvalue weighted by Gasteiger charge is -2.41. The molecule has 2 aliphatic heterocycles. The van der Waals surface area contributed by atoms with Gasteiger partial charge in [-0.25, -0.2) is 4.39 Å². The molecule has 0 aliphatic carbocycles. The molecule has 8 heteroatoms. The Morgan fingerprint density at radius 3 is 3.00 bits per heavy atom. The number of piperazine rings is 1. The fourth-order valence-corrected chi connectivity index (χ4v) is 6.84. The van der Waals surface area contributed by atoms with Crippen molar-refractivity contribution in [3.05, 3.63) is 50.8 Å². The Hall–Kier alpha value is -2.00. The number of nitrogens with two attached hydrogens (primary N) is 1. The van der Waals surface area contributed by atoms with Crippen molar-refractivity contribution >= 4 is 44.4 Å². The second-order valence-electron chi connectivity index (χ2n) is 8.35. The van der Waals surface area contributed by atoms with Gasteiger partial charge in [-0.15, -0.1) is 22.7 Å². The van der Waals surface area contributed by atoms with Gasteiger partial charge in [0.1, 0.15) is 5.82 Å². The number of benzene rings is 1. The molecule has 2 N–H and O–H groups in total. The van der Waals surface area contributed by atoms with Crippen molar-refractivity contribution in [2.45, 2.75) is 31.9 Å². The van der Waals surface area contributed by atoms with Crippen LogP contribution < -0.4 is 10.6 Å². The molecular formula is C23H26FN3O2S2. The largest absolute Gasteiger partial charge is 0.372 e. The lowest BCUT2D eigenvalue weighted by atomic mass is 10.0. The number of primary amides is 1. The SMILES string of the molecule is C[C@@H]1CN(c2csc3cc(F)ccc23)CCN1CCC1OCCc2cc(C(N)=O)sc21. The number of nitrogens with zero attached hydrogens (tertiary/aromatic N) is 2. The van der Waals surface area contributed by atoms with E-state index in [0.717, 1.165) is 49.1 Å². The van der Waals surface area contributed by atoms with Gasteiger partial charge in [0.25, 0.3) is 5.91 Å². The van der Waals surface area contributed by atoms with Crippen molar-refractivity contribution in [1.82, 2.24) is 4.90 Å². The molecule has 164 valence electrons. The number of hydrogen-bond acceptors (Lipinski definition) is 6. The summed E-state index contributed by atoms with van der Waals surface area (Å²) in [5.41, 5.74) is 7.90. The van der Waals surface area contributed by atoms with Gasteiger partial charge >= 0.3 is 0 Å². The highest BCUT2D eigenvalue weighted by molar-refractivity contribution is 7.17. The van der Waals surface area contributed by atoms with E-state index >= 15 is 0 Å². The predicted molar refractivity (Wildman–Crippen MR) is 125 cm³/mol. The Morgan fingerprint density at radius 2 is 2.19 bits per heavy atom. The van der Waals surface area contributed by atoms with E-state index < -0.39 is 0 Å². The number of ether oxygens (including phenoxy) is 1. The fourth-order valence-electron chi connectivity index (χ4n) is 4.70. The Kier molecular flexibility index (Phi) is 5.73. The number of thiophene rings is 2. The normalized spacial score (nSPS) is 22.1. The molecule has 0 radical (unpaired) electrons. The summed E-state index contributed by atoms with van der Waals surface area (Å²) in [5.74, 6) is -0.535. The number of anilines is 1. The van der Waals surface area contributed by atoms with Crippen LogP contribution in [0.4, 0.5) is 10.1 Å². The quantitative estimate of drug-likeness (QED) is 0.614. The molecule has 2 aliphatic rings. The molecule has 0 spiro atoms. The van der Waals surface area contributed by atoms with Crippen LogP contribution in [0.5, 0.6) is 0 Å². The van der Waals surface area contributed by atoms with E-state index in [1.807, 2.05) is 12.1 Å². The lowest BCUT2D eigenvalue weighted by molar-refractivity contribution is 0.0283. The molecule has 0 bridgehead atoms. The highest BCUT2D eigenvalue weighted by Gasteiger charge is 2.29. The summed E-state index contributed by atoms with van der Waals surface area (Å²) >= 11 is 3.09. The molecular weight excluding hydrogens is 433 g/mol. The number of carbonyl (C=O) groups is 1. The third-order valence-corrected chi connectivity index (χ3v) is 8.59. The number of rotatable bonds is 5. The van der Waals surface area contributed by atoms with Gasteiger partial charge in [0.05, 0.1) is 23.3 Å². The van der Waals surface area contributed by atoms with Gasteiger partial charge in [0.15, 0.2) is 0 Å². The highest BCUT2D eigenvalue weighted by atomic mass is 32.1. The van der Waals surface area contributed by atoms with E-state index in [1.54, 1.807) is 23.5 Å². The third kappa shape index (κ3) is 4.09. The van der Waals surface area contributed by atoms with Gasteiger partial charge in [0.2, 0.25) is 0 Å². The topological polar surface area (TPSA) is 58.8 Å². The summed E-state index contributed by atoms with van der Waals surface area (Å²) in [6.45, 7) is 6.81. The van der Waals surface area contributed by atoms with Gasteiger partial charge in [-0.3, -0.25) is 9.69 Å². The van der Waals surface area contributed by atoms with Crippen molar-refractivity contribution in [1.29, 1.82) is 0 Å². The second kappa shape index (κ2) is 8.50. The Bertz CT molecular complexity index is 1110. The Balaban J connectivity index is 1.23. The Labute approximate surface area is 189 Å². The van der Waals surface area contributed by atoms with E-state index in [4.69, 9.17) is 10.5 Å². The summed E-state index contributed by atoms with van der Waals surface area (Å²) in [4.78, 5) is 18.3.